The van der Waals surface area contributed by atoms with Gasteiger partial charge < -0.3 is 4.90 Å². The molecule has 4 nitrogen and oxygen atoms in total. The molecule has 1 amide bonds. The Labute approximate surface area is 141 Å². The molecule has 1 aromatic heterocycles. The first-order valence-electron chi connectivity index (χ1n) is 8.66. The van der Waals surface area contributed by atoms with Crippen molar-refractivity contribution in [1.82, 2.24) is 15.1 Å². The largest absolute Gasteiger partial charge is 0.341 e. The first-order chi connectivity index (χ1) is 11.6. The molecular weight excluding hydrogens is 305 g/mol. The van der Waals surface area contributed by atoms with E-state index in [0.717, 1.165) is 43.5 Å². The van der Waals surface area contributed by atoms with Gasteiger partial charge in [0.15, 0.2) is 0 Å². The van der Waals surface area contributed by atoms with E-state index in [0.29, 0.717) is 18.0 Å². The van der Waals surface area contributed by atoms with Crippen LogP contribution >= 0.6 is 0 Å². The van der Waals surface area contributed by atoms with Crippen molar-refractivity contribution >= 4 is 5.91 Å². The van der Waals surface area contributed by atoms with Crippen LogP contribution in [0.1, 0.15) is 48.4 Å². The van der Waals surface area contributed by atoms with Gasteiger partial charge in [0.2, 0.25) is 5.91 Å². The number of aryl methyl sites for hydroxylation is 1. The highest BCUT2D eigenvalue weighted by molar-refractivity contribution is 5.91. The number of benzene rings is 1. The molecule has 1 N–H and O–H groups in total. The molecule has 2 aromatic rings. The summed E-state index contributed by atoms with van der Waals surface area (Å²) >= 11 is 0. The monoisotopic (exact) mass is 327 g/mol. The second kappa shape index (κ2) is 5.72. The predicted octanol–water partition coefficient (Wildman–Crippen LogP) is 3.30. The number of H-pyrrole nitrogens is 1. The van der Waals surface area contributed by atoms with E-state index in [1.807, 2.05) is 24.1 Å². The number of aromatic amines is 1. The van der Waals surface area contributed by atoms with Crippen LogP contribution in [0.2, 0.25) is 0 Å². The fourth-order valence-electron chi connectivity index (χ4n) is 4.04. The molecule has 2 heterocycles. The Balaban J connectivity index is 1.56. The van der Waals surface area contributed by atoms with Gasteiger partial charge in [-0.05, 0) is 44.2 Å². The molecule has 4 rings (SSSR count). The highest BCUT2D eigenvalue weighted by atomic mass is 19.1. The average Bonchev–Trinajstić information content (AvgIpc) is 3.29. The van der Waals surface area contributed by atoms with E-state index in [4.69, 9.17) is 0 Å². The molecule has 0 spiro atoms. The summed E-state index contributed by atoms with van der Waals surface area (Å²) in [7, 11) is 0. The summed E-state index contributed by atoms with van der Waals surface area (Å²) in [6, 6.07) is 6.71. The molecule has 0 unspecified atom stereocenters. The van der Waals surface area contributed by atoms with Crippen LogP contribution in [0.4, 0.5) is 4.39 Å². The number of aromatic nitrogens is 2. The van der Waals surface area contributed by atoms with Crippen molar-refractivity contribution in [3.63, 3.8) is 0 Å². The number of hydrogen-bond donors (Lipinski definition) is 1. The molecule has 1 atom stereocenters. The minimum absolute atomic E-state index is 0.0921. The van der Waals surface area contributed by atoms with E-state index in [9.17, 15) is 9.18 Å². The number of carbonyl (C=O) groups excluding carboxylic acids is 1. The number of piperidine rings is 1. The number of nitrogens with zero attached hydrogens (tertiary/aromatic N) is 2. The topological polar surface area (TPSA) is 49.0 Å². The number of carbonyl (C=O) groups is 1. The molecule has 1 aliphatic heterocycles. The number of hydrogen-bond acceptors (Lipinski definition) is 2. The Morgan fingerprint density at radius 2 is 2.17 bits per heavy atom. The quantitative estimate of drug-likeness (QED) is 0.940. The van der Waals surface area contributed by atoms with Crippen LogP contribution < -0.4 is 0 Å². The fourth-order valence-corrected chi connectivity index (χ4v) is 4.04. The number of rotatable bonds is 3. The Kier molecular flexibility index (Phi) is 3.66. The smallest absolute Gasteiger partial charge is 0.233 e. The Hall–Kier alpha value is -2.17. The van der Waals surface area contributed by atoms with E-state index in [2.05, 4.69) is 10.2 Å². The van der Waals surface area contributed by atoms with Gasteiger partial charge in [0.05, 0.1) is 11.6 Å². The van der Waals surface area contributed by atoms with Gasteiger partial charge in [-0.3, -0.25) is 9.89 Å². The third kappa shape index (κ3) is 2.43. The predicted molar refractivity (Wildman–Crippen MR) is 89.2 cm³/mol. The maximum atomic E-state index is 14.2. The third-order valence-electron chi connectivity index (χ3n) is 5.53. The number of nitrogens with one attached hydrogen (secondary N) is 1. The van der Waals surface area contributed by atoms with Crippen molar-refractivity contribution in [2.24, 2.45) is 0 Å². The first-order valence-corrected chi connectivity index (χ1v) is 8.66. The highest BCUT2D eigenvalue weighted by Gasteiger charge is 2.54. The second-order valence-corrected chi connectivity index (χ2v) is 7.12. The molecule has 1 saturated heterocycles. The fraction of sp³-hybridized carbons (Fsp3) is 0.474. The normalized spacial score (nSPS) is 22.4. The van der Waals surface area contributed by atoms with Crippen LogP contribution in [-0.4, -0.2) is 34.1 Å². The van der Waals surface area contributed by atoms with Crippen molar-refractivity contribution < 1.29 is 9.18 Å². The molecule has 2 fully saturated rings. The zero-order chi connectivity index (χ0) is 16.7. The molecule has 1 aliphatic carbocycles. The van der Waals surface area contributed by atoms with E-state index < -0.39 is 5.41 Å². The van der Waals surface area contributed by atoms with Crippen LogP contribution in [-0.2, 0) is 10.2 Å². The van der Waals surface area contributed by atoms with Crippen LogP contribution in [0.5, 0.6) is 0 Å². The Morgan fingerprint density at radius 1 is 1.38 bits per heavy atom. The molecule has 1 aromatic carbocycles. The molecule has 0 bridgehead atoms. The van der Waals surface area contributed by atoms with E-state index in [-0.39, 0.29) is 11.7 Å². The maximum Gasteiger partial charge on any atom is 0.233 e. The van der Waals surface area contributed by atoms with Crippen molar-refractivity contribution in [2.75, 3.05) is 13.1 Å². The molecule has 1 saturated carbocycles. The van der Waals surface area contributed by atoms with Gasteiger partial charge in [-0.25, -0.2) is 4.39 Å². The zero-order valence-electron chi connectivity index (χ0n) is 13.9. The van der Waals surface area contributed by atoms with Crippen molar-refractivity contribution in [1.29, 1.82) is 0 Å². The third-order valence-corrected chi connectivity index (χ3v) is 5.53. The number of halogens is 1. The Morgan fingerprint density at radius 3 is 2.83 bits per heavy atom. The summed E-state index contributed by atoms with van der Waals surface area (Å²) in [5.74, 6) is 0.123. The second-order valence-electron chi connectivity index (χ2n) is 7.12. The minimum Gasteiger partial charge on any atom is -0.341 e. The summed E-state index contributed by atoms with van der Waals surface area (Å²) in [5, 5.41) is 7.19. The lowest BCUT2D eigenvalue weighted by molar-refractivity contribution is -0.135. The standard InChI is InChI=1S/C19H22FN3O/c1-13-11-21-22-17(13)14-5-4-10-23(12-14)18(24)19(8-9-19)15-6-2-3-7-16(15)20/h2-3,6-7,11,14H,4-5,8-10,12H2,1H3,(H,21,22)/t14-/m0/s1. The summed E-state index contributed by atoms with van der Waals surface area (Å²) in [6.45, 7) is 3.50. The van der Waals surface area contributed by atoms with Crippen LogP contribution in [0.15, 0.2) is 30.5 Å². The van der Waals surface area contributed by atoms with Crippen molar-refractivity contribution in [3.8, 4) is 0 Å². The molecule has 126 valence electrons. The molecular formula is C19H22FN3O. The minimum atomic E-state index is -0.629. The van der Waals surface area contributed by atoms with Crippen LogP contribution in [0.3, 0.4) is 0 Å². The summed E-state index contributed by atoms with van der Waals surface area (Å²) in [5.41, 5.74) is 2.21. The highest BCUT2D eigenvalue weighted by Crippen LogP contribution is 2.51. The van der Waals surface area contributed by atoms with Crippen molar-refractivity contribution in [2.45, 2.75) is 43.9 Å². The summed E-state index contributed by atoms with van der Waals surface area (Å²) in [6.07, 6.45) is 5.35. The van der Waals surface area contributed by atoms with Crippen LogP contribution in [0.25, 0.3) is 0 Å². The Bertz CT molecular complexity index is 765. The van der Waals surface area contributed by atoms with Gasteiger partial charge in [-0.15, -0.1) is 0 Å². The first kappa shape index (κ1) is 15.4. The SMILES string of the molecule is Cc1cn[nH]c1[C@H]1CCCN(C(=O)C2(c3ccccc3F)CC2)C1. The lowest BCUT2D eigenvalue weighted by Crippen LogP contribution is -2.45. The molecule has 2 aliphatic rings. The molecule has 5 heteroatoms. The van der Waals surface area contributed by atoms with E-state index in [1.54, 1.807) is 12.1 Å². The number of likely N-dealkylation sites (tertiary alicyclic amines) is 1. The van der Waals surface area contributed by atoms with Gasteiger partial charge >= 0.3 is 0 Å². The van der Waals surface area contributed by atoms with Gasteiger partial charge in [0.25, 0.3) is 0 Å². The average molecular weight is 327 g/mol. The molecule has 0 radical (unpaired) electrons. The number of amides is 1. The van der Waals surface area contributed by atoms with E-state index >= 15 is 0 Å². The maximum absolute atomic E-state index is 14.2. The van der Waals surface area contributed by atoms with Gasteiger partial charge in [0.1, 0.15) is 5.82 Å². The van der Waals surface area contributed by atoms with Gasteiger partial charge in [0, 0.05) is 30.3 Å². The van der Waals surface area contributed by atoms with Gasteiger partial charge in [-0.1, -0.05) is 18.2 Å². The van der Waals surface area contributed by atoms with E-state index in [1.165, 1.54) is 6.07 Å². The van der Waals surface area contributed by atoms with Crippen LogP contribution in [0, 0.1) is 12.7 Å². The lowest BCUT2D eigenvalue weighted by Gasteiger charge is -2.35. The summed E-state index contributed by atoms with van der Waals surface area (Å²) in [4.78, 5) is 15.1. The summed E-state index contributed by atoms with van der Waals surface area (Å²) < 4.78 is 14.2. The van der Waals surface area contributed by atoms with Crippen molar-refractivity contribution in [3.05, 3.63) is 53.1 Å². The lowest BCUT2D eigenvalue weighted by atomic mass is 9.89. The van der Waals surface area contributed by atoms with Gasteiger partial charge in [-0.2, -0.15) is 5.10 Å². The zero-order valence-corrected chi connectivity index (χ0v) is 13.9. The molecule has 24 heavy (non-hydrogen) atoms.